The number of aliphatic hydroxyl groups is 1. The van der Waals surface area contributed by atoms with Crippen LogP contribution in [0.2, 0.25) is 0 Å². The van der Waals surface area contributed by atoms with Gasteiger partial charge in [-0.15, -0.1) is 0 Å². The lowest BCUT2D eigenvalue weighted by Gasteiger charge is -2.11. The quantitative estimate of drug-likeness (QED) is 0.826. The summed E-state index contributed by atoms with van der Waals surface area (Å²) in [5, 5.41) is 9.72. The van der Waals surface area contributed by atoms with Gasteiger partial charge in [-0.25, -0.2) is 0 Å². The number of aryl methyl sites for hydroxylation is 1. The van der Waals surface area contributed by atoms with Crippen LogP contribution in [0.1, 0.15) is 37.3 Å². The summed E-state index contributed by atoms with van der Waals surface area (Å²) in [6.45, 7) is 2.91. The SMILES string of the molecule is CCCC(O)CCc1cccc2c1OCC2. The third-order valence-electron chi connectivity index (χ3n) is 3.16. The van der Waals surface area contributed by atoms with Crippen LogP contribution in [-0.4, -0.2) is 17.8 Å². The monoisotopic (exact) mass is 220 g/mol. The predicted molar refractivity (Wildman–Crippen MR) is 64.9 cm³/mol. The molecule has 1 aliphatic heterocycles. The van der Waals surface area contributed by atoms with E-state index in [9.17, 15) is 5.11 Å². The van der Waals surface area contributed by atoms with E-state index in [1.165, 1.54) is 11.1 Å². The van der Waals surface area contributed by atoms with Crippen LogP contribution in [0.25, 0.3) is 0 Å². The Morgan fingerprint density at radius 1 is 1.38 bits per heavy atom. The van der Waals surface area contributed by atoms with Gasteiger partial charge < -0.3 is 9.84 Å². The van der Waals surface area contributed by atoms with E-state index < -0.39 is 0 Å². The number of hydrogen-bond donors (Lipinski definition) is 1. The molecule has 0 bridgehead atoms. The average molecular weight is 220 g/mol. The van der Waals surface area contributed by atoms with Crippen LogP contribution in [0.4, 0.5) is 0 Å². The summed E-state index contributed by atoms with van der Waals surface area (Å²) in [5.41, 5.74) is 2.58. The maximum Gasteiger partial charge on any atom is 0.125 e. The van der Waals surface area contributed by atoms with E-state index in [1.807, 2.05) is 0 Å². The minimum atomic E-state index is -0.165. The number of fused-ring (bicyclic) bond motifs is 1. The number of benzene rings is 1. The number of aliphatic hydroxyl groups excluding tert-OH is 1. The van der Waals surface area contributed by atoms with E-state index in [0.717, 1.165) is 44.5 Å². The van der Waals surface area contributed by atoms with Crippen LogP contribution in [0.15, 0.2) is 18.2 Å². The van der Waals surface area contributed by atoms with Crippen molar-refractivity contribution in [3.63, 3.8) is 0 Å². The molecule has 0 saturated heterocycles. The molecule has 0 aliphatic carbocycles. The molecule has 16 heavy (non-hydrogen) atoms. The first-order chi connectivity index (χ1) is 7.81. The topological polar surface area (TPSA) is 29.5 Å². The second kappa shape index (κ2) is 5.35. The molecule has 2 nitrogen and oxygen atoms in total. The van der Waals surface area contributed by atoms with Gasteiger partial charge in [-0.1, -0.05) is 31.5 Å². The second-order valence-electron chi connectivity index (χ2n) is 4.49. The smallest absolute Gasteiger partial charge is 0.125 e. The van der Waals surface area contributed by atoms with E-state index >= 15 is 0 Å². The Labute approximate surface area is 97.3 Å². The molecule has 2 rings (SSSR count). The third kappa shape index (κ3) is 2.56. The van der Waals surface area contributed by atoms with Crippen molar-refractivity contribution < 1.29 is 9.84 Å². The molecule has 1 aromatic rings. The summed E-state index contributed by atoms with van der Waals surface area (Å²) < 4.78 is 5.64. The molecule has 0 radical (unpaired) electrons. The predicted octanol–water partition coefficient (Wildman–Crippen LogP) is 2.72. The van der Waals surface area contributed by atoms with Gasteiger partial charge in [0, 0.05) is 6.42 Å². The maximum atomic E-state index is 9.72. The molecule has 1 aromatic carbocycles. The van der Waals surface area contributed by atoms with Crippen molar-refractivity contribution in [3.8, 4) is 5.75 Å². The highest BCUT2D eigenvalue weighted by molar-refractivity contribution is 5.44. The molecule has 1 unspecified atom stereocenters. The van der Waals surface area contributed by atoms with Crippen LogP contribution in [0.5, 0.6) is 5.75 Å². The zero-order valence-corrected chi connectivity index (χ0v) is 9.91. The summed E-state index contributed by atoms with van der Waals surface area (Å²) in [5.74, 6) is 1.08. The molecular formula is C14H20O2. The van der Waals surface area contributed by atoms with E-state index in [1.54, 1.807) is 0 Å². The van der Waals surface area contributed by atoms with Gasteiger partial charge in [0.05, 0.1) is 12.7 Å². The van der Waals surface area contributed by atoms with E-state index in [4.69, 9.17) is 4.74 Å². The highest BCUT2D eigenvalue weighted by Crippen LogP contribution is 2.30. The fraction of sp³-hybridized carbons (Fsp3) is 0.571. The molecule has 1 N–H and O–H groups in total. The lowest BCUT2D eigenvalue weighted by atomic mass is 10.0. The van der Waals surface area contributed by atoms with Gasteiger partial charge in [-0.2, -0.15) is 0 Å². The number of para-hydroxylation sites is 1. The van der Waals surface area contributed by atoms with Gasteiger partial charge in [0.25, 0.3) is 0 Å². The van der Waals surface area contributed by atoms with E-state index in [-0.39, 0.29) is 6.10 Å². The normalized spacial score (nSPS) is 15.6. The van der Waals surface area contributed by atoms with Gasteiger partial charge in [0.2, 0.25) is 0 Å². The Morgan fingerprint density at radius 3 is 3.06 bits per heavy atom. The highest BCUT2D eigenvalue weighted by atomic mass is 16.5. The average Bonchev–Trinajstić information content (AvgIpc) is 2.75. The summed E-state index contributed by atoms with van der Waals surface area (Å²) >= 11 is 0. The molecule has 1 atom stereocenters. The second-order valence-corrected chi connectivity index (χ2v) is 4.49. The Bertz CT molecular complexity index is 347. The largest absolute Gasteiger partial charge is 0.493 e. The zero-order chi connectivity index (χ0) is 11.4. The first kappa shape index (κ1) is 11.5. The van der Waals surface area contributed by atoms with Gasteiger partial charge in [0.15, 0.2) is 0 Å². The first-order valence-corrected chi connectivity index (χ1v) is 6.23. The molecule has 0 spiro atoms. The zero-order valence-electron chi connectivity index (χ0n) is 9.91. The Morgan fingerprint density at radius 2 is 2.25 bits per heavy atom. The van der Waals surface area contributed by atoms with Crippen molar-refractivity contribution in [1.82, 2.24) is 0 Å². The highest BCUT2D eigenvalue weighted by Gasteiger charge is 2.16. The molecule has 0 amide bonds. The Kier molecular flexibility index (Phi) is 3.83. The number of ether oxygens (including phenoxy) is 1. The minimum absolute atomic E-state index is 0.165. The molecule has 1 heterocycles. The van der Waals surface area contributed by atoms with Gasteiger partial charge in [-0.3, -0.25) is 0 Å². The molecule has 1 aliphatic rings. The van der Waals surface area contributed by atoms with Crippen molar-refractivity contribution in [2.45, 2.75) is 45.1 Å². The van der Waals surface area contributed by atoms with Gasteiger partial charge in [0.1, 0.15) is 5.75 Å². The van der Waals surface area contributed by atoms with Gasteiger partial charge >= 0.3 is 0 Å². The maximum absolute atomic E-state index is 9.72. The molecule has 0 fully saturated rings. The first-order valence-electron chi connectivity index (χ1n) is 6.23. The lowest BCUT2D eigenvalue weighted by molar-refractivity contribution is 0.153. The van der Waals surface area contributed by atoms with E-state index in [2.05, 4.69) is 25.1 Å². The third-order valence-corrected chi connectivity index (χ3v) is 3.16. The molecule has 0 aromatic heterocycles. The Balaban J connectivity index is 1.97. The van der Waals surface area contributed by atoms with Crippen LogP contribution in [0, 0.1) is 0 Å². The molecule has 0 saturated carbocycles. The van der Waals surface area contributed by atoms with Crippen molar-refractivity contribution >= 4 is 0 Å². The fourth-order valence-corrected chi connectivity index (χ4v) is 2.28. The number of hydrogen-bond acceptors (Lipinski definition) is 2. The van der Waals surface area contributed by atoms with Crippen molar-refractivity contribution in [2.75, 3.05) is 6.61 Å². The van der Waals surface area contributed by atoms with Crippen LogP contribution < -0.4 is 4.74 Å². The summed E-state index contributed by atoms with van der Waals surface area (Å²) in [4.78, 5) is 0. The lowest BCUT2D eigenvalue weighted by Crippen LogP contribution is -2.07. The van der Waals surface area contributed by atoms with Crippen molar-refractivity contribution in [1.29, 1.82) is 0 Å². The molecule has 2 heteroatoms. The van der Waals surface area contributed by atoms with Crippen LogP contribution >= 0.6 is 0 Å². The molecule has 88 valence electrons. The van der Waals surface area contributed by atoms with Gasteiger partial charge in [-0.05, 0) is 30.4 Å². The Hall–Kier alpha value is -1.02. The van der Waals surface area contributed by atoms with Crippen molar-refractivity contribution in [2.24, 2.45) is 0 Å². The minimum Gasteiger partial charge on any atom is -0.493 e. The molecular weight excluding hydrogens is 200 g/mol. The summed E-state index contributed by atoms with van der Waals surface area (Å²) in [7, 11) is 0. The van der Waals surface area contributed by atoms with E-state index in [0.29, 0.717) is 0 Å². The van der Waals surface area contributed by atoms with Crippen LogP contribution in [0.3, 0.4) is 0 Å². The fourth-order valence-electron chi connectivity index (χ4n) is 2.28. The summed E-state index contributed by atoms with van der Waals surface area (Å²) in [6, 6.07) is 6.34. The number of rotatable bonds is 5. The summed E-state index contributed by atoms with van der Waals surface area (Å²) in [6.07, 6.45) is 4.57. The standard InChI is InChI=1S/C14H20O2/c1-2-4-13(15)8-7-11-5-3-6-12-9-10-16-14(11)12/h3,5-6,13,15H,2,4,7-10H2,1H3. The van der Waals surface area contributed by atoms with Crippen LogP contribution in [-0.2, 0) is 12.8 Å². The van der Waals surface area contributed by atoms with Crippen molar-refractivity contribution in [3.05, 3.63) is 29.3 Å².